The third kappa shape index (κ3) is 10.2. The van der Waals surface area contributed by atoms with Crippen molar-refractivity contribution in [3.8, 4) is 11.5 Å². The van der Waals surface area contributed by atoms with Gasteiger partial charge in [0.25, 0.3) is 0 Å². The Balaban J connectivity index is 2.30. The summed E-state index contributed by atoms with van der Waals surface area (Å²) in [6, 6.07) is 10.0. The molecule has 0 saturated carbocycles. The van der Waals surface area contributed by atoms with Crippen molar-refractivity contribution < 1.29 is 52.8 Å². The Morgan fingerprint density at radius 2 is 1.10 bits per heavy atom. The number of anilines is 2. The Morgan fingerprint density at radius 3 is 1.50 bits per heavy atom. The molecule has 14 nitrogen and oxygen atoms in total. The summed E-state index contributed by atoms with van der Waals surface area (Å²) in [5.41, 5.74) is 2.18. The summed E-state index contributed by atoms with van der Waals surface area (Å²) in [5, 5.41) is 12.0. The van der Waals surface area contributed by atoms with Crippen LogP contribution in [0.2, 0.25) is 0 Å². The zero-order valence-corrected chi connectivity index (χ0v) is 24.2. The lowest BCUT2D eigenvalue weighted by atomic mass is 10.2. The molecule has 0 unspecified atom stereocenters. The number of esters is 4. The molecule has 0 atom stereocenters. The summed E-state index contributed by atoms with van der Waals surface area (Å²) in [4.78, 5) is 51.1. The summed E-state index contributed by atoms with van der Waals surface area (Å²) in [6.07, 6.45) is 1.19. The van der Waals surface area contributed by atoms with E-state index in [1.807, 2.05) is 6.92 Å². The standard InChI is InChI=1S/C28H35N3O11/c1-19-6-8-21(30(15-25(32)37-2)16-26(33)38-3)23(12-19)41-10-11-42-24-13-20(14-29-36)7-9-22(24)31(17-27(34)39-4)18-28(35)40-5/h6-9,12-14,36H,10-11,15-18H2,1-5H3/b29-14-. The van der Waals surface area contributed by atoms with E-state index in [4.69, 9.17) is 33.6 Å². The Morgan fingerprint density at radius 1 is 0.690 bits per heavy atom. The number of nitrogens with zero attached hydrogens (tertiary/aromatic N) is 3. The van der Waals surface area contributed by atoms with E-state index < -0.39 is 23.9 Å². The minimum atomic E-state index is -0.593. The second-order valence-corrected chi connectivity index (χ2v) is 8.66. The van der Waals surface area contributed by atoms with E-state index in [2.05, 4.69) is 5.16 Å². The van der Waals surface area contributed by atoms with Crippen LogP contribution in [0.1, 0.15) is 11.1 Å². The lowest BCUT2D eigenvalue weighted by molar-refractivity contribution is -0.141. The van der Waals surface area contributed by atoms with Crippen LogP contribution in [-0.4, -0.2) is 103 Å². The van der Waals surface area contributed by atoms with Crippen molar-refractivity contribution in [2.75, 3.05) is 77.6 Å². The van der Waals surface area contributed by atoms with Crippen molar-refractivity contribution in [2.45, 2.75) is 6.92 Å². The maximum absolute atomic E-state index is 12.1. The molecule has 14 heteroatoms. The van der Waals surface area contributed by atoms with Crippen molar-refractivity contribution in [1.82, 2.24) is 0 Å². The lowest BCUT2D eigenvalue weighted by Crippen LogP contribution is -2.36. The van der Waals surface area contributed by atoms with E-state index >= 15 is 0 Å². The van der Waals surface area contributed by atoms with Gasteiger partial charge in [0.15, 0.2) is 0 Å². The summed E-state index contributed by atoms with van der Waals surface area (Å²) >= 11 is 0. The number of carbonyl (C=O) groups is 4. The van der Waals surface area contributed by atoms with E-state index in [1.54, 1.807) is 36.4 Å². The molecule has 42 heavy (non-hydrogen) atoms. The Bertz CT molecular complexity index is 1230. The third-order valence-corrected chi connectivity index (χ3v) is 5.78. The molecule has 0 spiro atoms. The molecule has 0 bridgehead atoms. The number of oxime groups is 1. The molecule has 2 aromatic carbocycles. The van der Waals surface area contributed by atoms with E-state index in [1.165, 1.54) is 44.5 Å². The number of ether oxygens (including phenoxy) is 6. The maximum atomic E-state index is 12.1. The van der Waals surface area contributed by atoms with Crippen LogP contribution in [0.15, 0.2) is 41.6 Å². The minimum absolute atomic E-state index is 0.00159. The molecule has 0 fully saturated rings. The monoisotopic (exact) mass is 589 g/mol. The van der Waals surface area contributed by atoms with Crippen LogP contribution in [0.5, 0.6) is 11.5 Å². The lowest BCUT2D eigenvalue weighted by Gasteiger charge is -2.26. The van der Waals surface area contributed by atoms with Gasteiger partial charge in [0, 0.05) is 0 Å². The van der Waals surface area contributed by atoms with Crippen LogP contribution in [0.4, 0.5) is 11.4 Å². The summed E-state index contributed by atoms with van der Waals surface area (Å²) in [6.45, 7) is 0.894. The highest BCUT2D eigenvalue weighted by Crippen LogP contribution is 2.31. The van der Waals surface area contributed by atoms with Crippen molar-refractivity contribution in [2.24, 2.45) is 5.16 Å². The summed E-state index contributed by atoms with van der Waals surface area (Å²) < 4.78 is 31.0. The molecule has 2 rings (SSSR count). The van der Waals surface area contributed by atoms with Gasteiger partial charge in [-0.1, -0.05) is 17.3 Å². The number of benzene rings is 2. The van der Waals surface area contributed by atoms with Gasteiger partial charge in [-0.05, 0) is 42.3 Å². The SMILES string of the molecule is COC(=O)CN(CC(=O)OC)c1ccc(C)cc1OCCOc1cc(/C=N\O)ccc1N(CC(=O)OC)CC(=O)OC. The molecule has 0 aliphatic carbocycles. The molecule has 0 radical (unpaired) electrons. The number of methoxy groups -OCH3 is 4. The van der Waals surface area contributed by atoms with Gasteiger partial charge in [0.2, 0.25) is 0 Å². The molecule has 0 aromatic heterocycles. The van der Waals surface area contributed by atoms with Crippen LogP contribution in [-0.2, 0) is 38.1 Å². The largest absolute Gasteiger partial charge is 0.488 e. The topological polar surface area (TPSA) is 163 Å². The van der Waals surface area contributed by atoms with E-state index in [0.29, 0.717) is 22.7 Å². The number of rotatable bonds is 16. The molecule has 0 aliphatic rings. The smallest absolute Gasteiger partial charge is 0.325 e. The second kappa shape index (κ2) is 16.9. The molecule has 0 amide bonds. The zero-order chi connectivity index (χ0) is 31.1. The average Bonchev–Trinajstić information content (AvgIpc) is 2.98. The Hall–Kier alpha value is -5.01. The molecule has 0 heterocycles. The molecule has 1 N–H and O–H groups in total. The Kier molecular flexibility index (Phi) is 13.4. The number of carbonyl (C=O) groups excluding carboxylic acids is 4. The molecule has 0 aliphatic heterocycles. The van der Waals surface area contributed by atoms with Gasteiger partial charge in [-0.25, -0.2) is 0 Å². The predicted octanol–water partition coefficient (Wildman–Crippen LogP) is 1.57. The van der Waals surface area contributed by atoms with Gasteiger partial charge in [-0.2, -0.15) is 0 Å². The first kappa shape index (κ1) is 33.2. The van der Waals surface area contributed by atoms with Gasteiger partial charge in [-0.3, -0.25) is 19.2 Å². The second-order valence-electron chi connectivity index (χ2n) is 8.66. The van der Waals surface area contributed by atoms with Crippen LogP contribution in [0.25, 0.3) is 0 Å². The number of hydrogen-bond acceptors (Lipinski definition) is 14. The van der Waals surface area contributed by atoms with Crippen LogP contribution in [0.3, 0.4) is 0 Å². The minimum Gasteiger partial charge on any atom is -0.488 e. The quantitative estimate of drug-likeness (QED) is 0.0750. The fourth-order valence-corrected chi connectivity index (χ4v) is 3.69. The van der Waals surface area contributed by atoms with Crippen molar-refractivity contribution in [1.29, 1.82) is 0 Å². The fourth-order valence-electron chi connectivity index (χ4n) is 3.69. The van der Waals surface area contributed by atoms with Gasteiger partial charge < -0.3 is 43.4 Å². The first-order valence-electron chi connectivity index (χ1n) is 12.6. The highest BCUT2D eigenvalue weighted by Gasteiger charge is 2.22. The van der Waals surface area contributed by atoms with Gasteiger partial charge in [-0.15, -0.1) is 0 Å². The van der Waals surface area contributed by atoms with Crippen LogP contribution in [0, 0.1) is 6.92 Å². The molecular formula is C28H35N3O11. The Labute approximate surface area is 243 Å². The van der Waals surface area contributed by atoms with Gasteiger partial charge >= 0.3 is 23.9 Å². The maximum Gasteiger partial charge on any atom is 0.325 e. The molecule has 228 valence electrons. The molecule has 0 saturated heterocycles. The first-order valence-corrected chi connectivity index (χ1v) is 12.6. The first-order chi connectivity index (χ1) is 20.1. The summed E-state index contributed by atoms with van der Waals surface area (Å²) in [7, 11) is 4.95. The van der Waals surface area contributed by atoms with E-state index in [0.717, 1.165) is 5.56 Å². The third-order valence-electron chi connectivity index (χ3n) is 5.78. The highest BCUT2D eigenvalue weighted by atomic mass is 16.5. The zero-order valence-electron chi connectivity index (χ0n) is 24.2. The normalized spacial score (nSPS) is 10.5. The van der Waals surface area contributed by atoms with Gasteiger partial charge in [0.05, 0.1) is 46.0 Å². The average molecular weight is 590 g/mol. The van der Waals surface area contributed by atoms with E-state index in [9.17, 15) is 19.2 Å². The van der Waals surface area contributed by atoms with Crippen LogP contribution < -0.4 is 19.3 Å². The van der Waals surface area contributed by atoms with Gasteiger partial charge in [0.1, 0.15) is 50.9 Å². The molecule has 2 aromatic rings. The van der Waals surface area contributed by atoms with Crippen molar-refractivity contribution >= 4 is 41.5 Å². The van der Waals surface area contributed by atoms with E-state index in [-0.39, 0.29) is 45.1 Å². The fraction of sp³-hybridized carbons (Fsp3) is 0.393. The highest BCUT2D eigenvalue weighted by molar-refractivity contribution is 5.85. The van der Waals surface area contributed by atoms with Crippen molar-refractivity contribution in [3.63, 3.8) is 0 Å². The molecular weight excluding hydrogens is 554 g/mol. The number of aryl methyl sites for hydroxylation is 1. The van der Waals surface area contributed by atoms with Crippen LogP contribution >= 0.6 is 0 Å². The predicted molar refractivity (Wildman–Crippen MR) is 150 cm³/mol. The van der Waals surface area contributed by atoms with Crippen molar-refractivity contribution in [3.05, 3.63) is 47.5 Å². The number of hydrogen-bond donors (Lipinski definition) is 1. The summed E-state index contributed by atoms with van der Waals surface area (Å²) in [5.74, 6) is -1.67.